The molecule has 0 aliphatic rings. The predicted octanol–water partition coefficient (Wildman–Crippen LogP) is 6.51. The summed E-state index contributed by atoms with van der Waals surface area (Å²) < 4.78 is 15.7. The summed E-state index contributed by atoms with van der Waals surface area (Å²) in [5.74, 6) is 0.358. The Morgan fingerprint density at radius 1 is 0.795 bits per heavy atom. The minimum absolute atomic E-state index is 0.0496. The van der Waals surface area contributed by atoms with Gasteiger partial charge in [-0.2, -0.15) is 0 Å². The molecule has 0 aliphatic heterocycles. The van der Waals surface area contributed by atoms with Crippen LogP contribution in [-0.4, -0.2) is 44.8 Å². The van der Waals surface area contributed by atoms with Crippen LogP contribution in [0.4, 0.5) is 11.4 Å². The Morgan fingerprint density at radius 2 is 1.52 bits per heavy atom. The first kappa shape index (κ1) is 32.0. The normalized spacial score (nSPS) is 10.9. The summed E-state index contributed by atoms with van der Waals surface area (Å²) in [6.07, 6.45) is 1.58. The van der Waals surface area contributed by atoms with E-state index in [2.05, 4.69) is 16.0 Å². The third-order valence-corrected chi connectivity index (χ3v) is 7.45. The lowest BCUT2D eigenvalue weighted by molar-refractivity contribution is -0.114. The zero-order chi connectivity index (χ0) is 31.5. The van der Waals surface area contributed by atoms with Gasteiger partial charge < -0.3 is 30.2 Å². The molecule has 11 heteroatoms. The third-order valence-electron chi connectivity index (χ3n) is 6.17. The van der Waals surface area contributed by atoms with Crippen molar-refractivity contribution in [1.29, 1.82) is 0 Å². The predicted molar refractivity (Wildman–Crippen MR) is 174 cm³/mol. The Hall–Kier alpha value is -4.93. The number of carbonyl (C=O) groups excluding carboxylic acids is 3. The van der Waals surface area contributed by atoms with Crippen LogP contribution in [0.5, 0.6) is 17.2 Å². The van der Waals surface area contributed by atoms with Crippen molar-refractivity contribution in [3.8, 4) is 17.2 Å². The average molecular weight is 632 g/mol. The fourth-order valence-corrected chi connectivity index (χ4v) is 4.96. The second-order valence-corrected chi connectivity index (χ2v) is 10.6. The molecule has 9 nitrogen and oxygen atoms in total. The van der Waals surface area contributed by atoms with Gasteiger partial charge >= 0.3 is 0 Å². The summed E-state index contributed by atoms with van der Waals surface area (Å²) in [5.41, 5.74) is 2.05. The summed E-state index contributed by atoms with van der Waals surface area (Å²) in [6.45, 7) is 0. The number of rotatable bonds is 12. The third kappa shape index (κ3) is 8.79. The van der Waals surface area contributed by atoms with Crippen molar-refractivity contribution in [2.24, 2.45) is 0 Å². The lowest BCUT2D eigenvalue weighted by Crippen LogP contribution is -2.30. The van der Waals surface area contributed by atoms with Crippen LogP contribution in [0.15, 0.2) is 102 Å². The minimum Gasteiger partial charge on any atom is -0.497 e. The van der Waals surface area contributed by atoms with Gasteiger partial charge in [-0.15, -0.1) is 11.8 Å². The Balaban J connectivity index is 1.45. The average Bonchev–Trinajstić information content (AvgIpc) is 3.04. The van der Waals surface area contributed by atoms with Crippen molar-refractivity contribution in [2.45, 2.75) is 4.90 Å². The molecule has 0 saturated heterocycles. The second-order valence-electron chi connectivity index (χ2n) is 9.16. The Morgan fingerprint density at radius 3 is 2.20 bits per heavy atom. The summed E-state index contributed by atoms with van der Waals surface area (Å²) in [4.78, 5) is 39.8. The van der Waals surface area contributed by atoms with E-state index in [0.717, 1.165) is 4.90 Å². The Bertz CT molecular complexity index is 1660. The summed E-state index contributed by atoms with van der Waals surface area (Å²) >= 11 is 7.49. The Labute approximate surface area is 264 Å². The van der Waals surface area contributed by atoms with Crippen molar-refractivity contribution < 1.29 is 28.6 Å². The molecule has 44 heavy (non-hydrogen) atoms. The van der Waals surface area contributed by atoms with Crippen LogP contribution in [0.1, 0.15) is 15.9 Å². The fourth-order valence-electron chi connectivity index (χ4n) is 3.96. The van der Waals surface area contributed by atoms with Crippen molar-refractivity contribution in [2.75, 3.05) is 37.7 Å². The quantitative estimate of drug-likeness (QED) is 0.121. The van der Waals surface area contributed by atoms with Gasteiger partial charge in [-0.25, -0.2) is 0 Å². The van der Waals surface area contributed by atoms with E-state index in [1.165, 1.54) is 26.0 Å². The number of anilines is 2. The number of hydrogen-bond donors (Lipinski definition) is 3. The first-order chi connectivity index (χ1) is 21.3. The number of benzene rings is 4. The number of methoxy groups -OCH3 is 3. The van der Waals surface area contributed by atoms with Gasteiger partial charge in [0.2, 0.25) is 5.91 Å². The molecular weight excluding hydrogens is 602 g/mol. The molecule has 0 unspecified atom stereocenters. The minimum atomic E-state index is -0.520. The largest absolute Gasteiger partial charge is 0.497 e. The maximum absolute atomic E-state index is 13.4. The van der Waals surface area contributed by atoms with Crippen LogP contribution in [0, 0.1) is 0 Å². The second kappa shape index (κ2) is 15.5. The standard InChI is InChI=1S/C33H30ClN3O6S/c1-41-24-14-12-21(13-15-24)16-28(37-32(39)22-8-5-4-6-9-22)33(40)35-23-10-7-11-25(17-23)44-20-31(38)36-27-18-26(34)29(42-2)19-30(27)43-3/h4-19H,20H2,1-3H3,(H,35,40)(H,36,38)(H,37,39)/b28-16+. The molecule has 0 aliphatic carbocycles. The van der Waals surface area contributed by atoms with E-state index in [4.69, 9.17) is 25.8 Å². The summed E-state index contributed by atoms with van der Waals surface area (Å²) in [7, 11) is 4.54. The zero-order valence-electron chi connectivity index (χ0n) is 24.2. The number of nitrogens with one attached hydrogen (secondary N) is 3. The molecule has 226 valence electrons. The summed E-state index contributed by atoms with van der Waals surface area (Å²) in [6, 6.07) is 25.9. The van der Waals surface area contributed by atoms with Crippen LogP contribution >= 0.6 is 23.4 Å². The SMILES string of the molecule is COc1ccc(/C=C(/NC(=O)c2ccccc2)C(=O)Nc2cccc(SCC(=O)Nc3cc(Cl)c(OC)cc3OC)c2)cc1. The van der Waals surface area contributed by atoms with Crippen LogP contribution in [0.25, 0.3) is 6.08 Å². The lowest BCUT2D eigenvalue weighted by Gasteiger charge is -2.13. The number of thioether (sulfide) groups is 1. The Kier molecular flexibility index (Phi) is 11.3. The molecule has 4 aromatic carbocycles. The van der Waals surface area contributed by atoms with Gasteiger partial charge in [0.15, 0.2) is 0 Å². The first-order valence-electron chi connectivity index (χ1n) is 13.3. The fraction of sp³-hybridized carbons (Fsp3) is 0.121. The van der Waals surface area contributed by atoms with Gasteiger partial charge in [0.05, 0.1) is 37.8 Å². The highest BCUT2D eigenvalue weighted by Gasteiger charge is 2.16. The zero-order valence-corrected chi connectivity index (χ0v) is 25.8. The van der Waals surface area contributed by atoms with Crippen molar-refractivity contribution in [1.82, 2.24) is 5.32 Å². The van der Waals surface area contributed by atoms with E-state index in [9.17, 15) is 14.4 Å². The first-order valence-corrected chi connectivity index (χ1v) is 14.6. The highest BCUT2D eigenvalue weighted by molar-refractivity contribution is 8.00. The van der Waals surface area contributed by atoms with Crippen molar-refractivity contribution in [3.05, 3.63) is 113 Å². The van der Waals surface area contributed by atoms with E-state index < -0.39 is 11.8 Å². The molecule has 4 aromatic rings. The highest BCUT2D eigenvalue weighted by atomic mass is 35.5. The van der Waals surface area contributed by atoms with Crippen LogP contribution in [-0.2, 0) is 9.59 Å². The molecule has 0 spiro atoms. The van der Waals surface area contributed by atoms with E-state index in [1.54, 1.807) is 98.1 Å². The monoisotopic (exact) mass is 631 g/mol. The van der Waals surface area contributed by atoms with Gasteiger partial charge in [-0.3, -0.25) is 14.4 Å². The van der Waals surface area contributed by atoms with E-state index >= 15 is 0 Å². The number of hydrogen-bond acceptors (Lipinski definition) is 7. The maximum Gasteiger partial charge on any atom is 0.272 e. The van der Waals surface area contributed by atoms with Crippen LogP contribution in [0.3, 0.4) is 0 Å². The van der Waals surface area contributed by atoms with E-state index in [1.807, 2.05) is 6.07 Å². The number of carbonyl (C=O) groups is 3. The lowest BCUT2D eigenvalue weighted by atomic mass is 10.1. The number of ether oxygens (including phenoxy) is 3. The van der Waals surface area contributed by atoms with Gasteiger partial charge in [0.25, 0.3) is 11.8 Å². The molecule has 0 saturated carbocycles. The molecule has 0 radical (unpaired) electrons. The molecule has 3 amide bonds. The molecule has 0 fully saturated rings. The van der Waals surface area contributed by atoms with Gasteiger partial charge in [-0.05, 0) is 60.2 Å². The maximum atomic E-state index is 13.4. The molecular formula is C33H30ClN3O6S. The molecule has 4 rings (SSSR count). The summed E-state index contributed by atoms with van der Waals surface area (Å²) in [5, 5.41) is 8.69. The molecule has 0 atom stereocenters. The van der Waals surface area contributed by atoms with E-state index in [-0.39, 0.29) is 17.4 Å². The van der Waals surface area contributed by atoms with Crippen LogP contribution < -0.4 is 30.2 Å². The van der Waals surface area contributed by atoms with Gasteiger partial charge in [0.1, 0.15) is 22.9 Å². The van der Waals surface area contributed by atoms with Gasteiger partial charge in [-0.1, -0.05) is 48.0 Å². The van der Waals surface area contributed by atoms with E-state index in [0.29, 0.717) is 44.8 Å². The highest BCUT2D eigenvalue weighted by Crippen LogP contribution is 2.36. The van der Waals surface area contributed by atoms with Gasteiger partial charge in [0, 0.05) is 22.2 Å². The molecule has 0 bridgehead atoms. The smallest absolute Gasteiger partial charge is 0.272 e. The number of amides is 3. The van der Waals surface area contributed by atoms with Crippen molar-refractivity contribution >= 4 is 58.5 Å². The van der Waals surface area contributed by atoms with Crippen LogP contribution in [0.2, 0.25) is 5.02 Å². The van der Waals surface area contributed by atoms with Crippen molar-refractivity contribution in [3.63, 3.8) is 0 Å². The molecule has 3 N–H and O–H groups in total. The topological polar surface area (TPSA) is 115 Å². The molecule has 0 aromatic heterocycles. The molecule has 0 heterocycles. The number of halogens is 1.